The van der Waals surface area contributed by atoms with Crippen LogP contribution in [-0.4, -0.2) is 32.2 Å². The fraction of sp³-hybridized carbons (Fsp3) is 0.176. The minimum Gasteiger partial charge on any atom is -0.497 e. The molecule has 1 heterocycles. The van der Waals surface area contributed by atoms with E-state index in [0.29, 0.717) is 27.2 Å². The average Bonchev–Trinajstić information content (AvgIpc) is 3.02. The van der Waals surface area contributed by atoms with Gasteiger partial charge in [0.2, 0.25) is 0 Å². The third-order valence-electron chi connectivity index (χ3n) is 3.57. The number of thiazole rings is 1. The molecule has 6 nitrogen and oxygen atoms in total. The number of nitrogens with one attached hydrogen (secondary N) is 1. The molecule has 2 aromatic carbocycles. The predicted octanol–water partition coefficient (Wildman–Crippen LogP) is 4.88. The summed E-state index contributed by atoms with van der Waals surface area (Å²) in [6.07, 6.45) is 0. The second-order valence-electron chi connectivity index (χ2n) is 5.12. The molecule has 0 unspecified atom stereocenters. The van der Waals surface area contributed by atoms with E-state index in [1.165, 1.54) is 30.6 Å². The first-order valence-corrected chi connectivity index (χ1v) is 8.91. The SMILES string of the molecule is COc1cc(OC)c2nc(NC(=O)c3cc(Cl)cc(Cl)c3OC)sc2c1. The Bertz CT molecular complexity index is 991. The molecular weight excluding hydrogens is 399 g/mol. The topological polar surface area (TPSA) is 69.7 Å². The minimum absolute atomic E-state index is 0.216. The summed E-state index contributed by atoms with van der Waals surface area (Å²) in [5.74, 6) is 1.00. The zero-order valence-corrected chi connectivity index (χ0v) is 16.4. The lowest BCUT2D eigenvalue weighted by atomic mass is 10.2. The van der Waals surface area contributed by atoms with Crippen molar-refractivity contribution in [2.24, 2.45) is 0 Å². The number of nitrogens with zero attached hydrogens (tertiary/aromatic N) is 1. The molecular formula is C17H14Cl2N2O4S. The Morgan fingerprint density at radius 1 is 1.08 bits per heavy atom. The highest BCUT2D eigenvalue weighted by atomic mass is 35.5. The van der Waals surface area contributed by atoms with E-state index < -0.39 is 5.91 Å². The van der Waals surface area contributed by atoms with Crippen molar-refractivity contribution in [3.8, 4) is 17.2 Å². The van der Waals surface area contributed by atoms with Gasteiger partial charge in [-0.1, -0.05) is 34.5 Å². The van der Waals surface area contributed by atoms with Crippen molar-refractivity contribution in [1.82, 2.24) is 4.98 Å². The van der Waals surface area contributed by atoms with E-state index >= 15 is 0 Å². The number of aromatic nitrogens is 1. The lowest BCUT2D eigenvalue weighted by Crippen LogP contribution is -2.13. The van der Waals surface area contributed by atoms with Gasteiger partial charge < -0.3 is 14.2 Å². The second kappa shape index (κ2) is 7.57. The standard InChI is InChI=1S/C17H14Cl2N2O4S/c1-23-9-6-12(24-2)14-13(7-9)26-17(20-14)21-16(22)10-4-8(18)5-11(19)15(10)25-3/h4-7H,1-3H3,(H,20,21,22). The fourth-order valence-corrected chi connectivity index (χ4v) is 3.88. The van der Waals surface area contributed by atoms with Crippen molar-refractivity contribution < 1.29 is 19.0 Å². The molecule has 0 saturated carbocycles. The van der Waals surface area contributed by atoms with Crippen LogP contribution in [0.15, 0.2) is 24.3 Å². The Balaban J connectivity index is 1.98. The quantitative estimate of drug-likeness (QED) is 0.646. The van der Waals surface area contributed by atoms with Gasteiger partial charge in [0.25, 0.3) is 5.91 Å². The number of hydrogen-bond donors (Lipinski definition) is 1. The molecule has 0 atom stereocenters. The van der Waals surface area contributed by atoms with Crippen LogP contribution in [0.25, 0.3) is 10.2 Å². The van der Waals surface area contributed by atoms with Crippen molar-refractivity contribution in [1.29, 1.82) is 0 Å². The van der Waals surface area contributed by atoms with Crippen LogP contribution in [0.1, 0.15) is 10.4 Å². The van der Waals surface area contributed by atoms with Crippen LogP contribution in [0.3, 0.4) is 0 Å². The molecule has 0 saturated heterocycles. The van der Waals surface area contributed by atoms with Crippen LogP contribution in [-0.2, 0) is 0 Å². The molecule has 0 spiro atoms. The number of anilines is 1. The largest absolute Gasteiger partial charge is 0.497 e. The number of halogens is 2. The predicted molar refractivity (Wildman–Crippen MR) is 104 cm³/mol. The maximum absolute atomic E-state index is 12.7. The monoisotopic (exact) mass is 412 g/mol. The second-order valence-corrected chi connectivity index (χ2v) is 6.99. The number of benzene rings is 2. The van der Waals surface area contributed by atoms with Crippen molar-refractivity contribution >= 4 is 55.8 Å². The molecule has 136 valence electrons. The highest BCUT2D eigenvalue weighted by Gasteiger charge is 2.19. The normalized spacial score (nSPS) is 10.7. The van der Waals surface area contributed by atoms with E-state index in [1.807, 2.05) is 6.07 Å². The number of rotatable bonds is 5. The van der Waals surface area contributed by atoms with E-state index in [4.69, 9.17) is 37.4 Å². The zero-order valence-electron chi connectivity index (χ0n) is 14.1. The molecule has 26 heavy (non-hydrogen) atoms. The molecule has 1 aromatic heterocycles. The number of hydrogen-bond acceptors (Lipinski definition) is 6. The van der Waals surface area contributed by atoms with E-state index in [-0.39, 0.29) is 16.3 Å². The Morgan fingerprint density at radius 2 is 1.85 bits per heavy atom. The molecule has 1 N–H and O–H groups in total. The number of amides is 1. The Kier molecular flexibility index (Phi) is 5.41. The van der Waals surface area contributed by atoms with Gasteiger partial charge in [-0.2, -0.15) is 0 Å². The lowest BCUT2D eigenvalue weighted by Gasteiger charge is -2.10. The van der Waals surface area contributed by atoms with Crippen molar-refractivity contribution in [2.45, 2.75) is 0 Å². The fourth-order valence-electron chi connectivity index (χ4n) is 2.40. The summed E-state index contributed by atoms with van der Waals surface area (Å²) in [6.45, 7) is 0. The van der Waals surface area contributed by atoms with Crippen LogP contribution < -0.4 is 19.5 Å². The third-order valence-corrected chi connectivity index (χ3v) is 4.98. The van der Waals surface area contributed by atoms with Gasteiger partial charge in [0.15, 0.2) is 5.13 Å². The Morgan fingerprint density at radius 3 is 2.50 bits per heavy atom. The van der Waals surface area contributed by atoms with E-state index in [2.05, 4.69) is 10.3 Å². The maximum atomic E-state index is 12.7. The summed E-state index contributed by atoms with van der Waals surface area (Å²) < 4.78 is 16.6. The van der Waals surface area contributed by atoms with Gasteiger partial charge in [-0.05, 0) is 18.2 Å². The van der Waals surface area contributed by atoms with Crippen LogP contribution in [0.4, 0.5) is 5.13 Å². The van der Waals surface area contributed by atoms with Gasteiger partial charge in [-0.15, -0.1) is 0 Å². The highest BCUT2D eigenvalue weighted by molar-refractivity contribution is 7.22. The Hall–Kier alpha value is -2.22. The zero-order chi connectivity index (χ0) is 18.8. The molecule has 0 bridgehead atoms. The van der Waals surface area contributed by atoms with E-state index in [1.54, 1.807) is 20.3 Å². The summed E-state index contributed by atoms with van der Waals surface area (Å²) in [5, 5.41) is 3.72. The van der Waals surface area contributed by atoms with Gasteiger partial charge in [0.05, 0.1) is 36.6 Å². The minimum atomic E-state index is -0.434. The molecule has 0 aliphatic rings. The molecule has 9 heteroatoms. The molecule has 0 aliphatic carbocycles. The summed E-state index contributed by atoms with van der Waals surface area (Å²) in [5.41, 5.74) is 0.846. The van der Waals surface area contributed by atoms with Crippen LogP contribution in [0.5, 0.6) is 17.2 Å². The summed E-state index contributed by atoms with van der Waals surface area (Å²) in [4.78, 5) is 17.1. The first kappa shape index (κ1) is 18.6. The highest BCUT2D eigenvalue weighted by Crippen LogP contribution is 2.37. The van der Waals surface area contributed by atoms with Gasteiger partial charge in [0.1, 0.15) is 22.8 Å². The van der Waals surface area contributed by atoms with Crippen LogP contribution in [0.2, 0.25) is 10.0 Å². The first-order chi connectivity index (χ1) is 12.5. The average molecular weight is 413 g/mol. The smallest absolute Gasteiger partial charge is 0.261 e. The number of ether oxygens (including phenoxy) is 3. The molecule has 1 amide bonds. The summed E-state index contributed by atoms with van der Waals surface area (Å²) in [6, 6.07) is 6.54. The van der Waals surface area contributed by atoms with Gasteiger partial charge in [0, 0.05) is 11.1 Å². The number of fused-ring (bicyclic) bond motifs is 1. The molecule has 0 radical (unpaired) electrons. The molecule has 3 aromatic rings. The van der Waals surface area contributed by atoms with Crippen LogP contribution in [0, 0.1) is 0 Å². The summed E-state index contributed by atoms with van der Waals surface area (Å²) >= 11 is 13.4. The van der Waals surface area contributed by atoms with Crippen molar-refractivity contribution in [3.63, 3.8) is 0 Å². The third kappa shape index (κ3) is 3.51. The van der Waals surface area contributed by atoms with E-state index in [9.17, 15) is 4.79 Å². The molecule has 0 fully saturated rings. The van der Waals surface area contributed by atoms with Gasteiger partial charge >= 0.3 is 0 Å². The van der Waals surface area contributed by atoms with E-state index in [0.717, 1.165) is 4.70 Å². The number of methoxy groups -OCH3 is 3. The summed E-state index contributed by atoms with van der Waals surface area (Å²) in [7, 11) is 4.55. The maximum Gasteiger partial charge on any atom is 0.261 e. The van der Waals surface area contributed by atoms with Gasteiger partial charge in [-0.3, -0.25) is 10.1 Å². The lowest BCUT2D eigenvalue weighted by molar-refractivity contribution is 0.102. The first-order valence-electron chi connectivity index (χ1n) is 7.33. The molecule has 0 aliphatic heterocycles. The van der Waals surface area contributed by atoms with Gasteiger partial charge in [-0.25, -0.2) is 4.98 Å². The number of carbonyl (C=O) groups excluding carboxylic acids is 1. The Labute approximate surface area is 163 Å². The van der Waals surface area contributed by atoms with Crippen molar-refractivity contribution in [3.05, 3.63) is 39.9 Å². The van der Waals surface area contributed by atoms with Crippen LogP contribution >= 0.6 is 34.5 Å². The number of carbonyl (C=O) groups is 1. The van der Waals surface area contributed by atoms with Crippen molar-refractivity contribution in [2.75, 3.05) is 26.6 Å². The molecule has 3 rings (SSSR count).